The molecule has 0 nitrogen and oxygen atoms in total. The minimum Gasteiger partial charge on any atom is -0.0619 e. The average molecular weight is 421 g/mol. The monoisotopic (exact) mass is 420 g/mol. The fourth-order valence-electron chi connectivity index (χ4n) is 5.99. The molecule has 0 amide bonds. The third-order valence-electron chi connectivity index (χ3n) is 7.62. The van der Waals surface area contributed by atoms with Gasteiger partial charge in [0.15, 0.2) is 0 Å². The van der Waals surface area contributed by atoms with E-state index in [2.05, 4.69) is 123 Å². The van der Waals surface area contributed by atoms with Crippen LogP contribution in [-0.4, -0.2) is 0 Å². The third kappa shape index (κ3) is 2.58. The normalized spacial score (nSPS) is 14.0. The SMILES string of the molecule is CC1(C)c2ccccc2-c2ccc3c(ccc4cc(-c5ccc6ccccc6c5)ccc43)c21. The van der Waals surface area contributed by atoms with Crippen LogP contribution >= 0.6 is 0 Å². The Morgan fingerprint density at radius 1 is 0.455 bits per heavy atom. The van der Waals surface area contributed by atoms with E-state index in [1.165, 1.54) is 65.7 Å². The molecular weight excluding hydrogens is 396 g/mol. The van der Waals surface area contributed by atoms with Gasteiger partial charge in [0.25, 0.3) is 0 Å². The number of benzene rings is 6. The zero-order chi connectivity index (χ0) is 22.2. The van der Waals surface area contributed by atoms with E-state index in [1.54, 1.807) is 0 Å². The maximum absolute atomic E-state index is 2.37. The summed E-state index contributed by atoms with van der Waals surface area (Å²) in [6.45, 7) is 4.73. The highest BCUT2D eigenvalue weighted by atomic mass is 14.4. The minimum absolute atomic E-state index is 0.00412. The van der Waals surface area contributed by atoms with Crippen LogP contribution in [0.5, 0.6) is 0 Å². The first-order valence-corrected chi connectivity index (χ1v) is 11.7. The number of fused-ring (bicyclic) bond motifs is 8. The first-order valence-electron chi connectivity index (χ1n) is 11.7. The Balaban J connectivity index is 1.43. The fourth-order valence-corrected chi connectivity index (χ4v) is 5.99. The Hall–Kier alpha value is -3.90. The summed E-state index contributed by atoms with van der Waals surface area (Å²) >= 11 is 0. The molecule has 0 aromatic heterocycles. The summed E-state index contributed by atoms with van der Waals surface area (Å²) in [6, 6.07) is 40.4. The second kappa shape index (κ2) is 6.56. The van der Waals surface area contributed by atoms with Gasteiger partial charge in [-0.15, -0.1) is 0 Å². The molecule has 0 bridgehead atoms. The van der Waals surface area contributed by atoms with Gasteiger partial charge in [0.2, 0.25) is 0 Å². The molecule has 0 radical (unpaired) electrons. The molecule has 0 heteroatoms. The van der Waals surface area contributed by atoms with E-state index in [0.717, 1.165) is 0 Å². The van der Waals surface area contributed by atoms with Gasteiger partial charge in [-0.3, -0.25) is 0 Å². The highest BCUT2D eigenvalue weighted by Crippen LogP contribution is 2.51. The topological polar surface area (TPSA) is 0 Å². The first-order chi connectivity index (χ1) is 16.1. The molecule has 0 saturated carbocycles. The van der Waals surface area contributed by atoms with Gasteiger partial charge in [-0.25, -0.2) is 0 Å². The van der Waals surface area contributed by atoms with Gasteiger partial charge >= 0.3 is 0 Å². The van der Waals surface area contributed by atoms with Crippen LogP contribution in [0.4, 0.5) is 0 Å². The zero-order valence-corrected chi connectivity index (χ0v) is 18.9. The summed E-state index contributed by atoms with van der Waals surface area (Å²) in [6.07, 6.45) is 0. The van der Waals surface area contributed by atoms with Crippen molar-refractivity contribution >= 4 is 32.3 Å². The van der Waals surface area contributed by atoms with Crippen molar-refractivity contribution in [2.24, 2.45) is 0 Å². The second-order valence-electron chi connectivity index (χ2n) is 9.82. The standard InChI is InChI=1S/C33H24/c1-33(2)31-10-6-5-9-28(31)30-18-17-27-26-15-13-24(20-25(26)14-16-29(27)32(30)33)23-12-11-21-7-3-4-8-22(21)19-23/h3-20H,1-2H3. The van der Waals surface area contributed by atoms with Crippen LogP contribution in [-0.2, 0) is 5.41 Å². The molecule has 0 unspecified atom stereocenters. The Labute approximate surface area is 194 Å². The van der Waals surface area contributed by atoms with E-state index in [4.69, 9.17) is 0 Å². The Bertz CT molecular complexity index is 1730. The summed E-state index contributed by atoms with van der Waals surface area (Å²) in [7, 11) is 0. The lowest BCUT2D eigenvalue weighted by atomic mass is 9.79. The predicted octanol–water partition coefficient (Wildman–Crippen LogP) is 9.12. The first kappa shape index (κ1) is 18.7. The van der Waals surface area contributed by atoms with Crippen LogP contribution in [0.15, 0.2) is 109 Å². The van der Waals surface area contributed by atoms with Crippen LogP contribution in [0.25, 0.3) is 54.6 Å². The highest BCUT2D eigenvalue weighted by Gasteiger charge is 2.36. The van der Waals surface area contributed by atoms with Crippen LogP contribution in [0, 0.1) is 0 Å². The van der Waals surface area contributed by atoms with Crippen molar-refractivity contribution in [3.05, 3.63) is 120 Å². The molecule has 0 aliphatic heterocycles. The molecule has 0 fully saturated rings. The molecule has 0 spiro atoms. The van der Waals surface area contributed by atoms with Crippen molar-refractivity contribution in [1.29, 1.82) is 0 Å². The quantitative estimate of drug-likeness (QED) is 0.233. The molecule has 1 aliphatic rings. The van der Waals surface area contributed by atoms with E-state index in [-0.39, 0.29) is 5.41 Å². The van der Waals surface area contributed by atoms with E-state index >= 15 is 0 Å². The van der Waals surface area contributed by atoms with Crippen molar-refractivity contribution in [3.63, 3.8) is 0 Å². The maximum atomic E-state index is 2.37. The third-order valence-corrected chi connectivity index (χ3v) is 7.62. The predicted molar refractivity (Wildman–Crippen MR) is 142 cm³/mol. The van der Waals surface area contributed by atoms with E-state index in [9.17, 15) is 0 Å². The van der Waals surface area contributed by atoms with Crippen molar-refractivity contribution < 1.29 is 0 Å². The molecule has 6 aromatic rings. The Morgan fingerprint density at radius 2 is 1.09 bits per heavy atom. The van der Waals surface area contributed by atoms with Gasteiger partial charge in [-0.2, -0.15) is 0 Å². The van der Waals surface area contributed by atoms with Crippen LogP contribution in [0.2, 0.25) is 0 Å². The van der Waals surface area contributed by atoms with Crippen LogP contribution in [0.1, 0.15) is 25.0 Å². The second-order valence-corrected chi connectivity index (χ2v) is 9.82. The minimum atomic E-state index is 0.00412. The summed E-state index contributed by atoms with van der Waals surface area (Å²) in [5, 5.41) is 7.90. The Kier molecular flexibility index (Phi) is 3.71. The van der Waals surface area contributed by atoms with E-state index in [0.29, 0.717) is 0 Å². The van der Waals surface area contributed by atoms with Gasteiger partial charge in [-0.1, -0.05) is 111 Å². The molecule has 7 rings (SSSR count). The zero-order valence-electron chi connectivity index (χ0n) is 18.9. The lowest BCUT2D eigenvalue weighted by Crippen LogP contribution is -2.15. The summed E-state index contributed by atoms with van der Waals surface area (Å²) in [4.78, 5) is 0. The van der Waals surface area contributed by atoms with Gasteiger partial charge in [0.1, 0.15) is 0 Å². The maximum Gasteiger partial charge on any atom is 0.0165 e. The smallest absolute Gasteiger partial charge is 0.0165 e. The largest absolute Gasteiger partial charge is 0.0619 e. The molecular formula is C33H24. The summed E-state index contributed by atoms with van der Waals surface area (Å²) in [5.74, 6) is 0. The van der Waals surface area contributed by atoms with E-state index < -0.39 is 0 Å². The lowest BCUT2D eigenvalue weighted by molar-refractivity contribution is 0.666. The summed E-state index contributed by atoms with van der Waals surface area (Å²) in [5.41, 5.74) is 8.19. The lowest BCUT2D eigenvalue weighted by Gasteiger charge is -2.23. The number of hydrogen-bond donors (Lipinski definition) is 0. The fraction of sp³-hybridized carbons (Fsp3) is 0.0909. The molecule has 0 N–H and O–H groups in total. The van der Waals surface area contributed by atoms with Crippen molar-refractivity contribution in [2.45, 2.75) is 19.3 Å². The van der Waals surface area contributed by atoms with Crippen LogP contribution < -0.4 is 0 Å². The average Bonchev–Trinajstić information content (AvgIpc) is 3.10. The van der Waals surface area contributed by atoms with Crippen molar-refractivity contribution in [2.75, 3.05) is 0 Å². The molecule has 156 valence electrons. The molecule has 1 aliphatic carbocycles. The van der Waals surface area contributed by atoms with Crippen molar-refractivity contribution in [1.82, 2.24) is 0 Å². The van der Waals surface area contributed by atoms with Gasteiger partial charge < -0.3 is 0 Å². The highest BCUT2D eigenvalue weighted by molar-refractivity contribution is 6.12. The number of hydrogen-bond acceptors (Lipinski definition) is 0. The molecule has 0 saturated heterocycles. The van der Waals surface area contributed by atoms with Gasteiger partial charge in [0, 0.05) is 5.41 Å². The van der Waals surface area contributed by atoms with Crippen LogP contribution in [0.3, 0.4) is 0 Å². The molecule has 33 heavy (non-hydrogen) atoms. The molecule has 0 heterocycles. The number of rotatable bonds is 1. The Morgan fingerprint density at radius 3 is 1.97 bits per heavy atom. The van der Waals surface area contributed by atoms with Gasteiger partial charge in [-0.05, 0) is 77.8 Å². The van der Waals surface area contributed by atoms with E-state index in [1.807, 2.05) is 0 Å². The molecule has 6 aromatic carbocycles. The van der Waals surface area contributed by atoms with Crippen molar-refractivity contribution in [3.8, 4) is 22.3 Å². The molecule has 0 atom stereocenters. The van der Waals surface area contributed by atoms with Gasteiger partial charge in [0.05, 0.1) is 0 Å². The summed E-state index contributed by atoms with van der Waals surface area (Å²) < 4.78 is 0.